The van der Waals surface area contributed by atoms with Crippen LogP contribution in [0.25, 0.3) is 6.08 Å². The van der Waals surface area contributed by atoms with Gasteiger partial charge in [-0.05, 0) is 54.8 Å². The van der Waals surface area contributed by atoms with Crippen molar-refractivity contribution in [2.75, 3.05) is 6.61 Å². The molecule has 0 fully saturated rings. The molecule has 166 valence electrons. The van der Waals surface area contributed by atoms with Crippen molar-refractivity contribution in [3.8, 4) is 11.5 Å². The highest BCUT2D eigenvalue weighted by Gasteiger charge is 2.32. The summed E-state index contributed by atoms with van der Waals surface area (Å²) in [6.45, 7) is 6.49. The second kappa shape index (κ2) is 9.88. The molecule has 0 aromatic heterocycles. The summed E-state index contributed by atoms with van der Waals surface area (Å²) in [5, 5.41) is 0.640. The number of Topliss-reactive ketones (excluding diaryl/α,β-unsaturated/α-hetero) is 2. The van der Waals surface area contributed by atoms with Gasteiger partial charge in [0.25, 0.3) is 0 Å². The molecule has 3 aromatic rings. The molecule has 0 saturated heterocycles. The summed E-state index contributed by atoms with van der Waals surface area (Å²) >= 11 is 6.09. The van der Waals surface area contributed by atoms with Gasteiger partial charge in [0.05, 0.1) is 12.2 Å². The van der Waals surface area contributed by atoms with E-state index in [2.05, 4.69) is 6.58 Å². The van der Waals surface area contributed by atoms with Crippen LogP contribution in [0.4, 0.5) is 0 Å². The average Bonchev–Trinajstić information content (AvgIpc) is 3.04. The van der Waals surface area contributed by atoms with Gasteiger partial charge in [0.2, 0.25) is 0 Å². The van der Waals surface area contributed by atoms with Crippen LogP contribution in [-0.4, -0.2) is 18.2 Å². The lowest BCUT2D eigenvalue weighted by Crippen LogP contribution is -2.04. The summed E-state index contributed by atoms with van der Waals surface area (Å²) in [7, 11) is 0. The molecule has 1 aliphatic carbocycles. The summed E-state index contributed by atoms with van der Waals surface area (Å²) in [6.07, 6.45) is 3.93. The molecule has 0 atom stereocenters. The molecule has 0 N–H and O–H groups in total. The van der Waals surface area contributed by atoms with Gasteiger partial charge in [-0.1, -0.05) is 54.1 Å². The zero-order valence-electron chi connectivity index (χ0n) is 18.3. The highest BCUT2D eigenvalue weighted by Crippen LogP contribution is 2.36. The Balaban J connectivity index is 1.72. The Morgan fingerprint density at radius 3 is 2.30 bits per heavy atom. The van der Waals surface area contributed by atoms with Crippen LogP contribution in [0.5, 0.6) is 11.5 Å². The van der Waals surface area contributed by atoms with E-state index >= 15 is 0 Å². The Kier molecular flexibility index (Phi) is 6.76. The average molecular weight is 459 g/mol. The van der Waals surface area contributed by atoms with E-state index in [1.807, 2.05) is 37.3 Å². The van der Waals surface area contributed by atoms with Crippen molar-refractivity contribution in [2.45, 2.75) is 20.0 Å². The van der Waals surface area contributed by atoms with Gasteiger partial charge in [-0.3, -0.25) is 9.59 Å². The maximum absolute atomic E-state index is 12.8. The molecule has 0 bridgehead atoms. The maximum Gasteiger partial charge on any atom is 0.197 e. The number of hydrogen-bond acceptors (Lipinski definition) is 4. The summed E-state index contributed by atoms with van der Waals surface area (Å²) in [6, 6.07) is 18.0. The third kappa shape index (κ3) is 4.76. The Bertz CT molecular complexity index is 1240. The number of allylic oxidation sites excluding steroid dienone is 2. The van der Waals surface area contributed by atoms with Gasteiger partial charge in [0.1, 0.15) is 6.61 Å². The number of ether oxygens (including phenoxy) is 2. The van der Waals surface area contributed by atoms with Crippen LogP contribution < -0.4 is 9.47 Å². The number of halogens is 1. The molecule has 5 heteroatoms. The van der Waals surface area contributed by atoms with Gasteiger partial charge >= 0.3 is 0 Å². The first-order valence-electron chi connectivity index (χ1n) is 10.7. The highest BCUT2D eigenvalue weighted by atomic mass is 35.5. The number of benzene rings is 3. The van der Waals surface area contributed by atoms with E-state index in [0.29, 0.717) is 52.8 Å². The smallest absolute Gasteiger partial charge is 0.197 e. The minimum absolute atomic E-state index is 0.149. The van der Waals surface area contributed by atoms with Crippen LogP contribution in [-0.2, 0) is 13.0 Å². The van der Waals surface area contributed by atoms with E-state index in [1.54, 1.807) is 42.5 Å². The lowest BCUT2D eigenvalue weighted by molar-refractivity contribution is 0.0990. The lowest BCUT2D eigenvalue weighted by Gasteiger charge is -2.17. The zero-order valence-corrected chi connectivity index (χ0v) is 19.0. The molecule has 0 aliphatic heterocycles. The summed E-state index contributed by atoms with van der Waals surface area (Å²) in [5.41, 5.74) is 3.49. The highest BCUT2D eigenvalue weighted by molar-refractivity contribution is 6.41. The fourth-order valence-electron chi connectivity index (χ4n) is 3.85. The second-order valence-electron chi connectivity index (χ2n) is 7.61. The molecule has 33 heavy (non-hydrogen) atoms. The first-order chi connectivity index (χ1) is 16.0. The number of ketones is 2. The molecule has 0 radical (unpaired) electrons. The predicted octanol–water partition coefficient (Wildman–Crippen LogP) is 6.51. The summed E-state index contributed by atoms with van der Waals surface area (Å²) in [4.78, 5) is 25.6. The quantitative estimate of drug-likeness (QED) is 0.219. The van der Waals surface area contributed by atoms with Crippen LogP contribution in [0.3, 0.4) is 0 Å². The van der Waals surface area contributed by atoms with Crippen molar-refractivity contribution >= 4 is 29.2 Å². The van der Waals surface area contributed by atoms with Crippen molar-refractivity contribution in [1.29, 1.82) is 0 Å². The van der Waals surface area contributed by atoms with E-state index in [9.17, 15) is 9.59 Å². The molecule has 1 aliphatic rings. The zero-order chi connectivity index (χ0) is 23.4. The molecule has 3 aromatic carbocycles. The Hall–Kier alpha value is -3.63. The minimum atomic E-state index is -0.264. The minimum Gasteiger partial charge on any atom is -0.490 e. The maximum atomic E-state index is 12.8. The Morgan fingerprint density at radius 1 is 0.939 bits per heavy atom. The van der Waals surface area contributed by atoms with Crippen LogP contribution in [0, 0.1) is 0 Å². The van der Waals surface area contributed by atoms with Gasteiger partial charge in [-0.2, -0.15) is 0 Å². The molecule has 4 rings (SSSR count). The number of hydrogen-bond donors (Lipinski definition) is 0. The van der Waals surface area contributed by atoms with E-state index in [-0.39, 0.29) is 17.1 Å². The Morgan fingerprint density at radius 2 is 1.67 bits per heavy atom. The van der Waals surface area contributed by atoms with E-state index in [0.717, 1.165) is 11.1 Å². The summed E-state index contributed by atoms with van der Waals surface area (Å²) < 4.78 is 12.0. The van der Waals surface area contributed by atoms with Crippen LogP contribution >= 0.6 is 11.6 Å². The van der Waals surface area contributed by atoms with Crippen LogP contribution in [0.15, 0.2) is 78.9 Å². The molecule has 0 saturated carbocycles. The number of fused-ring (bicyclic) bond motifs is 1. The van der Waals surface area contributed by atoms with Crippen molar-refractivity contribution < 1.29 is 19.1 Å². The molecular weight excluding hydrogens is 436 g/mol. The SMILES string of the molecule is C=CCc1cc(C=C2C(=O)c3ccccc3C2=O)cc(OCC)c1OCc1cccc(Cl)c1. The monoisotopic (exact) mass is 458 g/mol. The van der Waals surface area contributed by atoms with Crippen molar-refractivity contribution in [3.05, 3.63) is 112 Å². The van der Waals surface area contributed by atoms with Crippen LogP contribution in [0.2, 0.25) is 5.02 Å². The largest absolute Gasteiger partial charge is 0.490 e. The van der Waals surface area contributed by atoms with E-state index in [1.165, 1.54) is 0 Å². The third-order valence-corrected chi connectivity index (χ3v) is 5.54. The molecule has 0 amide bonds. The molecule has 0 unspecified atom stereocenters. The van der Waals surface area contributed by atoms with Crippen LogP contribution in [0.1, 0.15) is 44.3 Å². The first kappa shape index (κ1) is 22.6. The van der Waals surface area contributed by atoms with Gasteiger partial charge in [0, 0.05) is 21.7 Å². The molecule has 0 heterocycles. The fraction of sp³-hybridized carbons (Fsp3) is 0.143. The third-order valence-electron chi connectivity index (χ3n) is 5.31. The van der Waals surface area contributed by atoms with E-state index < -0.39 is 0 Å². The number of carbonyl (C=O) groups excluding carboxylic acids is 2. The van der Waals surface area contributed by atoms with E-state index in [4.69, 9.17) is 21.1 Å². The second-order valence-corrected chi connectivity index (χ2v) is 8.05. The van der Waals surface area contributed by atoms with Crippen molar-refractivity contribution in [3.63, 3.8) is 0 Å². The fourth-order valence-corrected chi connectivity index (χ4v) is 4.07. The first-order valence-corrected chi connectivity index (χ1v) is 11.1. The van der Waals surface area contributed by atoms with Gasteiger partial charge in [0.15, 0.2) is 23.1 Å². The number of carbonyl (C=O) groups is 2. The van der Waals surface area contributed by atoms with Crippen molar-refractivity contribution in [2.24, 2.45) is 0 Å². The van der Waals surface area contributed by atoms with Crippen molar-refractivity contribution in [1.82, 2.24) is 0 Å². The molecule has 0 spiro atoms. The molecular formula is C28H23ClO4. The number of rotatable bonds is 8. The topological polar surface area (TPSA) is 52.6 Å². The summed E-state index contributed by atoms with van der Waals surface area (Å²) in [5.74, 6) is 0.618. The van der Waals surface area contributed by atoms with Gasteiger partial charge in [-0.25, -0.2) is 0 Å². The normalized spacial score (nSPS) is 12.5. The van der Waals surface area contributed by atoms with Gasteiger partial charge < -0.3 is 9.47 Å². The predicted molar refractivity (Wildman–Crippen MR) is 130 cm³/mol. The van der Waals surface area contributed by atoms with Gasteiger partial charge in [-0.15, -0.1) is 6.58 Å². The molecule has 4 nitrogen and oxygen atoms in total. The lowest BCUT2D eigenvalue weighted by atomic mass is 10.0. The Labute approximate surface area is 198 Å². The standard InChI is InChI=1S/C28H23ClO4/c1-3-8-20-13-19(15-24-26(30)22-11-5-6-12-23(22)27(24)31)16-25(32-4-2)28(20)33-17-18-9-7-10-21(29)14-18/h3,5-7,9-16H,1,4,8,17H2,2H3.